The first-order valence-electron chi connectivity index (χ1n) is 6.95. The van der Waals surface area contributed by atoms with Crippen LogP contribution in [0.4, 0.5) is 0 Å². The Morgan fingerprint density at radius 1 is 1.23 bits per heavy atom. The fourth-order valence-corrected chi connectivity index (χ4v) is 5.65. The van der Waals surface area contributed by atoms with E-state index in [1.807, 2.05) is 12.1 Å². The molecule has 1 atom stereocenters. The molecule has 1 aliphatic rings. The van der Waals surface area contributed by atoms with E-state index in [0.29, 0.717) is 4.34 Å². The highest BCUT2D eigenvalue weighted by Gasteiger charge is 2.31. The lowest BCUT2D eigenvalue weighted by atomic mass is 9.98. The normalized spacial score (nSPS) is 16.6. The number of sulfonamides is 1. The Kier molecular flexibility index (Phi) is 4.56. The van der Waals surface area contributed by atoms with Crippen molar-refractivity contribution in [3.63, 3.8) is 0 Å². The van der Waals surface area contributed by atoms with Crippen molar-refractivity contribution >= 4 is 33.0 Å². The summed E-state index contributed by atoms with van der Waals surface area (Å²) in [5.74, 6) is 0.0626. The highest BCUT2D eigenvalue weighted by atomic mass is 35.5. The maximum Gasteiger partial charge on any atom is 0.250 e. The predicted octanol–water partition coefficient (Wildman–Crippen LogP) is 2.46. The molecule has 1 aromatic heterocycles. The molecule has 2 aromatic rings. The molecule has 0 saturated carbocycles. The summed E-state index contributed by atoms with van der Waals surface area (Å²) in [6.45, 7) is -0.225. The van der Waals surface area contributed by atoms with Crippen molar-refractivity contribution in [1.29, 1.82) is 0 Å². The quantitative estimate of drug-likeness (QED) is 0.863. The Bertz CT molecular complexity index is 748. The number of aliphatic hydroxyl groups excluding tert-OH is 1. The van der Waals surface area contributed by atoms with Crippen LogP contribution in [-0.2, 0) is 22.9 Å². The molecule has 22 heavy (non-hydrogen) atoms. The summed E-state index contributed by atoms with van der Waals surface area (Å²) >= 11 is 6.81. The number of thiophene rings is 1. The first-order chi connectivity index (χ1) is 10.5. The molecule has 0 bridgehead atoms. The molecule has 4 nitrogen and oxygen atoms in total. The minimum absolute atomic E-state index is 0.0626. The van der Waals surface area contributed by atoms with E-state index >= 15 is 0 Å². The van der Waals surface area contributed by atoms with Gasteiger partial charge >= 0.3 is 0 Å². The molecule has 118 valence electrons. The molecule has 0 radical (unpaired) electrons. The SMILES string of the molecule is O=S(=O)(N[C@H](CO)C1Cc2ccccc2C1)c1ccc(Cl)s1. The van der Waals surface area contributed by atoms with Crippen LogP contribution in [0.3, 0.4) is 0 Å². The summed E-state index contributed by atoms with van der Waals surface area (Å²) in [5.41, 5.74) is 2.45. The van der Waals surface area contributed by atoms with Gasteiger partial charge in [0.1, 0.15) is 4.21 Å². The average Bonchev–Trinajstić information content (AvgIpc) is 3.10. The Hall–Kier alpha value is -0.920. The molecule has 0 unspecified atom stereocenters. The van der Waals surface area contributed by atoms with Crippen molar-refractivity contribution < 1.29 is 13.5 Å². The summed E-state index contributed by atoms with van der Waals surface area (Å²) in [6.07, 6.45) is 1.55. The Morgan fingerprint density at radius 3 is 2.36 bits per heavy atom. The second kappa shape index (κ2) is 6.29. The molecule has 0 saturated heterocycles. The molecule has 0 amide bonds. The van der Waals surface area contributed by atoms with Crippen molar-refractivity contribution in [2.24, 2.45) is 5.92 Å². The second-order valence-electron chi connectivity index (χ2n) is 5.41. The Morgan fingerprint density at radius 2 is 1.86 bits per heavy atom. The van der Waals surface area contributed by atoms with Crippen LogP contribution in [0.1, 0.15) is 11.1 Å². The smallest absolute Gasteiger partial charge is 0.250 e. The summed E-state index contributed by atoms with van der Waals surface area (Å²) in [4.78, 5) is 0. The highest BCUT2D eigenvalue weighted by Crippen LogP contribution is 2.30. The van der Waals surface area contributed by atoms with Gasteiger partial charge in [-0.05, 0) is 42.0 Å². The van der Waals surface area contributed by atoms with Gasteiger partial charge in [-0.2, -0.15) is 0 Å². The Labute approximate surface area is 138 Å². The van der Waals surface area contributed by atoms with E-state index in [1.54, 1.807) is 6.07 Å². The number of nitrogens with one attached hydrogen (secondary N) is 1. The number of benzene rings is 1. The monoisotopic (exact) mass is 357 g/mol. The van der Waals surface area contributed by atoms with Crippen LogP contribution < -0.4 is 4.72 Å². The molecular weight excluding hydrogens is 342 g/mol. The van der Waals surface area contributed by atoms with E-state index in [2.05, 4.69) is 16.9 Å². The lowest BCUT2D eigenvalue weighted by molar-refractivity contribution is 0.217. The second-order valence-corrected chi connectivity index (χ2v) is 9.06. The largest absolute Gasteiger partial charge is 0.395 e. The van der Waals surface area contributed by atoms with E-state index in [9.17, 15) is 13.5 Å². The summed E-state index contributed by atoms with van der Waals surface area (Å²) in [7, 11) is -3.65. The van der Waals surface area contributed by atoms with Crippen molar-refractivity contribution in [2.45, 2.75) is 23.1 Å². The van der Waals surface area contributed by atoms with Crippen LogP contribution in [0.2, 0.25) is 4.34 Å². The minimum atomic E-state index is -3.65. The van der Waals surface area contributed by atoms with Gasteiger partial charge in [0.15, 0.2) is 0 Å². The maximum atomic E-state index is 12.4. The average molecular weight is 358 g/mol. The standard InChI is InChI=1S/C15H16ClNO3S2/c16-14-5-6-15(21-14)22(19,20)17-13(9-18)12-7-10-3-1-2-4-11(10)8-12/h1-6,12-13,17-18H,7-9H2/t13-/m1/s1. The number of hydrogen-bond donors (Lipinski definition) is 2. The fourth-order valence-electron chi connectivity index (χ4n) is 2.86. The van der Waals surface area contributed by atoms with Gasteiger partial charge in [-0.25, -0.2) is 13.1 Å². The van der Waals surface area contributed by atoms with Crippen molar-refractivity contribution in [1.82, 2.24) is 4.72 Å². The van der Waals surface area contributed by atoms with Crippen LogP contribution in [0.5, 0.6) is 0 Å². The molecular formula is C15H16ClNO3S2. The summed E-state index contributed by atoms with van der Waals surface area (Å²) in [6, 6.07) is 10.6. The Balaban J connectivity index is 1.76. The van der Waals surface area contributed by atoms with Crippen LogP contribution >= 0.6 is 22.9 Å². The molecule has 0 fully saturated rings. The molecule has 0 spiro atoms. The fraction of sp³-hybridized carbons (Fsp3) is 0.333. The van der Waals surface area contributed by atoms with Gasteiger partial charge in [0, 0.05) is 6.04 Å². The third-order valence-electron chi connectivity index (χ3n) is 3.97. The number of hydrogen-bond acceptors (Lipinski definition) is 4. The van der Waals surface area contributed by atoms with Crippen molar-refractivity contribution in [3.05, 3.63) is 51.9 Å². The molecule has 7 heteroatoms. The topological polar surface area (TPSA) is 66.4 Å². The molecule has 2 N–H and O–H groups in total. The van der Waals surface area contributed by atoms with Crippen molar-refractivity contribution in [2.75, 3.05) is 6.61 Å². The third-order valence-corrected chi connectivity index (χ3v) is 7.18. The van der Waals surface area contributed by atoms with E-state index in [1.165, 1.54) is 17.2 Å². The third kappa shape index (κ3) is 3.21. The van der Waals surface area contributed by atoms with E-state index in [-0.39, 0.29) is 16.7 Å². The van der Waals surface area contributed by atoms with E-state index in [4.69, 9.17) is 11.6 Å². The van der Waals surface area contributed by atoms with Gasteiger partial charge in [-0.15, -0.1) is 11.3 Å². The van der Waals surface area contributed by atoms with Crippen LogP contribution in [0, 0.1) is 5.92 Å². The van der Waals surface area contributed by atoms with Gasteiger partial charge in [-0.3, -0.25) is 0 Å². The molecule has 1 aromatic carbocycles. The highest BCUT2D eigenvalue weighted by molar-refractivity contribution is 7.91. The number of fused-ring (bicyclic) bond motifs is 1. The zero-order valence-electron chi connectivity index (χ0n) is 11.7. The number of rotatable bonds is 5. The number of aliphatic hydroxyl groups is 1. The first-order valence-corrected chi connectivity index (χ1v) is 9.62. The minimum Gasteiger partial charge on any atom is -0.395 e. The molecule has 1 heterocycles. The molecule has 3 rings (SSSR count). The van der Waals surface area contributed by atoms with Gasteiger partial charge in [0.05, 0.1) is 10.9 Å². The van der Waals surface area contributed by atoms with Gasteiger partial charge < -0.3 is 5.11 Å². The lowest BCUT2D eigenvalue weighted by Gasteiger charge is -2.22. The van der Waals surface area contributed by atoms with E-state index in [0.717, 1.165) is 24.2 Å². The predicted molar refractivity (Wildman–Crippen MR) is 87.9 cm³/mol. The van der Waals surface area contributed by atoms with Crippen LogP contribution in [0.15, 0.2) is 40.6 Å². The summed E-state index contributed by atoms with van der Waals surface area (Å²) in [5, 5.41) is 9.63. The molecule has 1 aliphatic carbocycles. The lowest BCUT2D eigenvalue weighted by Crippen LogP contribution is -2.43. The maximum absolute atomic E-state index is 12.4. The van der Waals surface area contributed by atoms with Crippen LogP contribution in [0.25, 0.3) is 0 Å². The van der Waals surface area contributed by atoms with Gasteiger partial charge in [0.25, 0.3) is 0 Å². The summed E-state index contributed by atoms with van der Waals surface area (Å²) < 4.78 is 28.0. The van der Waals surface area contributed by atoms with Gasteiger partial charge in [-0.1, -0.05) is 35.9 Å². The zero-order chi connectivity index (χ0) is 15.7. The molecule has 0 aliphatic heterocycles. The van der Waals surface area contributed by atoms with Crippen LogP contribution in [-0.4, -0.2) is 26.2 Å². The first kappa shape index (κ1) is 16.0. The van der Waals surface area contributed by atoms with E-state index < -0.39 is 16.1 Å². The zero-order valence-corrected chi connectivity index (χ0v) is 14.1. The number of halogens is 1. The van der Waals surface area contributed by atoms with Gasteiger partial charge in [0.2, 0.25) is 10.0 Å². The van der Waals surface area contributed by atoms with Crippen molar-refractivity contribution in [3.8, 4) is 0 Å².